The molecule has 0 aliphatic carbocycles. The zero-order valence-electron chi connectivity index (χ0n) is 14.2. The lowest BCUT2D eigenvalue weighted by Gasteiger charge is -2.11. The van der Waals surface area contributed by atoms with Crippen LogP contribution in [-0.4, -0.2) is 17.8 Å². The Hall–Kier alpha value is -2.43. The minimum Gasteiger partial charge on any atom is -0.461 e. The lowest BCUT2D eigenvalue weighted by atomic mass is 9.97. The van der Waals surface area contributed by atoms with E-state index in [0.717, 1.165) is 37.3 Å². The number of carbonyl (C=O) groups is 3. The van der Waals surface area contributed by atoms with Crippen LogP contribution >= 0.6 is 0 Å². The molecule has 0 bridgehead atoms. The molecule has 1 aliphatic heterocycles. The van der Waals surface area contributed by atoms with Crippen molar-refractivity contribution >= 4 is 17.8 Å². The maximum Gasteiger partial charge on any atom is 0.310 e. The van der Waals surface area contributed by atoms with E-state index in [1.807, 2.05) is 6.07 Å². The monoisotopic (exact) mass is 329 g/mol. The largest absolute Gasteiger partial charge is 0.461 e. The van der Waals surface area contributed by atoms with Crippen molar-refractivity contribution in [3.05, 3.63) is 46.5 Å². The maximum absolute atomic E-state index is 11.9. The first kappa shape index (κ1) is 17.9. The zero-order chi connectivity index (χ0) is 17.5. The van der Waals surface area contributed by atoms with Crippen molar-refractivity contribution < 1.29 is 19.1 Å². The van der Waals surface area contributed by atoms with Crippen molar-refractivity contribution in [3.8, 4) is 0 Å². The molecule has 0 saturated heterocycles. The molecule has 128 valence electrons. The molecule has 2 rings (SSSR count). The molecule has 0 unspecified atom stereocenters. The minimum absolute atomic E-state index is 0.148. The molecule has 0 saturated carbocycles. The van der Waals surface area contributed by atoms with Crippen LogP contribution in [0.2, 0.25) is 0 Å². The van der Waals surface area contributed by atoms with Crippen LogP contribution in [0, 0.1) is 0 Å². The number of nitrogens with one attached hydrogen (secondary N) is 1. The summed E-state index contributed by atoms with van der Waals surface area (Å²) < 4.78 is 5.24. The fourth-order valence-electron chi connectivity index (χ4n) is 2.74. The van der Waals surface area contributed by atoms with Crippen LogP contribution in [0.3, 0.4) is 0 Å². The van der Waals surface area contributed by atoms with E-state index in [0.29, 0.717) is 0 Å². The number of esters is 1. The predicted octanol–water partition coefficient (Wildman–Crippen LogP) is 2.61. The van der Waals surface area contributed by atoms with Gasteiger partial charge in [-0.2, -0.15) is 0 Å². The Morgan fingerprint density at radius 1 is 1.08 bits per heavy atom. The van der Waals surface area contributed by atoms with Crippen LogP contribution in [-0.2, 0) is 38.6 Å². The third-order valence-electron chi connectivity index (χ3n) is 3.88. The van der Waals surface area contributed by atoms with Crippen molar-refractivity contribution in [1.82, 2.24) is 5.32 Å². The van der Waals surface area contributed by atoms with E-state index < -0.39 is 17.8 Å². The van der Waals surface area contributed by atoms with E-state index in [1.54, 1.807) is 0 Å². The molecule has 1 aromatic carbocycles. The lowest BCUT2D eigenvalue weighted by molar-refractivity contribution is -0.144. The lowest BCUT2D eigenvalue weighted by Crippen LogP contribution is -2.23. The summed E-state index contributed by atoms with van der Waals surface area (Å²) in [6.45, 7) is 4.47. The topological polar surface area (TPSA) is 72.5 Å². The first-order chi connectivity index (χ1) is 11.5. The van der Waals surface area contributed by atoms with Gasteiger partial charge < -0.3 is 4.74 Å². The summed E-state index contributed by atoms with van der Waals surface area (Å²) >= 11 is 0. The highest BCUT2D eigenvalue weighted by Crippen LogP contribution is 2.17. The van der Waals surface area contributed by atoms with Gasteiger partial charge in [0.25, 0.3) is 11.8 Å². The van der Waals surface area contributed by atoms with Crippen LogP contribution in [0.1, 0.15) is 49.8 Å². The van der Waals surface area contributed by atoms with E-state index in [1.165, 1.54) is 11.1 Å². The molecule has 5 nitrogen and oxygen atoms in total. The third-order valence-corrected chi connectivity index (χ3v) is 3.88. The van der Waals surface area contributed by atoms with Crippen LogP contribution in [0.4, 0.5) is 0 Å². The smallest absolute Gasteiger partial charge is 0.310 e. The number of amides is 2. The quantitative estimate of drug-likeness (QED) is 0.588. The molecule has 1 aromatic rings. The number of ether oxygens (including phenoxy) is 1. The van der Waals surface area contributed by atoms with Gasteiger partial charge in [0.05, 0.1) is 6.42 Å². The van der Waals surface area contributed by atoms with Crippen molar-refractivity contribution in [1.29, 1.82) is 0 Å². The number of hydrogen-bond acceptors (Lipinski definition) is 4. The van der Waals surface area contributed by atoms with Gasteiger partial charge in [0, 0.05) is 11.6 Å². The van der Waals surface area contributed by atoms with Gasteiger partial charge in [-0.3, -0.25) is 19.7 Å². The van der Waals surface area contributed by atoms with Gasteiger partial charge in [0.2, 0.25) is 0 Å². The summed E-state index contributed by atoms with van der Waals surface area (Å²) in [5, 5.41) is 2.11. The molecule has 0 atom stereocenters. The number of imide groups is 1. The fourth-order valence-corrected chi connectivity index (χ4v) is 2.74. The van der Waals surface area contributed by atoms with Gasteiger partial charge in [-0.05, 0) is 29.5 Å². The highest BCUT2D eigenvalue weighted by Gasteiger charge is 2.23. The Labute approximate surface area is 142 Å². The zero-order valence-corrected chi connectivity index (χ0v) is 14.2. The summed E-state index contributed by atoms with van der Waals surface area (Å²) in [6.07, 6.45) is 5.17. The fraction of sp³-hybridized carbons (Fsp3) is 0.421. The van der Waals surface area contributed by atoms with E-state index in [-0.39, 0.29) is 18.6 Å². The Balaban J connectivity index is 1.94. The predicted molar refractivity (Wildman–Crippen MR) is 90.1 cm³/mol. The normalized spacial score (nSPS) is 13.7. The van der Waals surface area contributed by atoms with E-state index in [9.17, 15) is 14.4 Å². The second kappa shape index (κ2) is 8.43. The minimum atomic E-state index is -0.522. The standard InChI is InChI=1S/C19H23NO4/c1-3-5-14-8-7-13(9-15(14)6-4-2)12-24-18(22)11-16-10-17(21)20-19(16)23/h7-10H,3-6,11-12H2,1-2H3,(H,20,21,23). The average Bonchev–Trinajstić information content (AvgIpc) is 2.85. The van der Waals surface area contributed by atoms with Crippen molar-refractivity contribution in [2.45, 2.75) is 52.6 Å². The van der Waals surface area contributed by atoms with Gasteiger partial charge in [-0.1, -0.05) is 44.9 Å². The molecule has 0 aromatic heterocycles. The second-order valence-corrected chi connectivity index (χ2v) is 5.93. The first-order valence-electron chi connectivity index (χ1n) is 8.35. The third kappa shape index (κ3) is 4.78. The summed E-state index contributed by atoms with van der Waals surface area (Å²) in [6, 6.07) is 6.17. The Morgan fingerprint density at radius 3 is 2.42 bits per heavy atom. The van der Waals surface area contributed by atoms with Gasteiger partial charge in [-0.15, -0.1) is 0 Å². The van der Waals surface area contributed by atoms with Gasteiger partial charge in [0.15, 0.2) is 0 Å². The number of benzene rings is 1. The number of rotatable bonds is 8. The Morgan fingerprint density at radius 2 is 1.79 bits per heavy atom. The highest BCUT2D eigenvalue weighted by molar-refractivity contribution is 6.17. The molecule has 0 fully saturated rings. The maximum atomic E-state index is 11.9. The van der Waals surface area contributed by atoms with Crippen LogP contribution in [0.15, 0.2) is 29.8 Å². The molecule has 24 heavy (non-hydrogen) atoms. The van der Waals surface area contributed by atoms with Crippen molar-refractivity contribution in [3.63, 3.8) is 0 Å². The molecule has 5 heteroatoms. The number of carbonyl (C=O) groups excluding carboxylic acids is 3. The van der Waals surface area contributed by atoms with Crippen LogP contribution in [0.5, 0.6) is 0 Å². The average molecular weight is 329 g/mol. The Bertz CT molecular complexity index is 676. The molecule has 2 amide bonds. The molecular formula is C19H23NO4. The number of hydrogen-bond donors (Lipinski definition) is 1. The second-order valence-electron chi connectivity index (χ2n) is 5.93. The van der Waals surface area contributed by atoms with E-state index >= 15 is 0 Å². The van der Waals surface area contributed by atoms with E-state index in [4.69, 9.17) is 4.74 Å². The molecule has 1 N–H and O–H groups in total. The van der Waals surface area contributed by atoms with Crippen molar-refractivity contribution in [2.75, 3.05) is 0 Å². The van der Waals surface area contributed by atoms with Crippen LogP contribution in [0.25, 0.3) is 0 Å². The summed E-state index contributed by atoms with van der Waals surface area (Å²) in [4.78, 5) is 34.3. The highest BCUT2D eigenvalue weighted by atomic mass is 16.5. The van der Waals surface area contributed by atoms with Gasteiger partial charge in [-0.25, -0.2) is 0 Å². The molecule has 0 radical (unpaired) electrons. The molecule has 0 spiro atoms. The number of aryl methyl sites for hydroxylation is 2. The SMILES string of the molecule is CCCc1ccc(COC(=O)CC2=CC(=O)NC2=O)cc1CCC. The molecule has 1 heterocycles. The van der Waals surface area contributed by atoms with Crippen molar-refractivity contribution in [2.24, 2.45) is 0 Å². The summed E-state index contributed by atoms with van der Waals surface area (Å²) in [7, 11) is 0. The van der Waals surface area contributed by atoms with Crippen LogP contribution < -0.4 is 5.32 Å². The van der Waals surface area contributed by atoms with Gasteiger partial charge in [0.1, 0.15) is 6.61 Å². The Kier molecular flexibility index (Phi) is 6.29. The molecule has 1 aliphatic rings. The first-order valence-corrected chi connectivity index (χ1v) is 8.35. The van der Waals surface area contributed by atoms with E-state index in [2.05, 4.69) is 31.3 Å². The molecular weight excluding hydrogens is 306 g/mol. The summed E-state index contributed by atoms with van der Waals surface area (Å²) in [5.74, 6) is -1.52. The van der Waals surface area contributed by atoms with Gasteiger partial charge >= 0.3 is 5.97 Å². The summed E-state index contributed by atoms with van der Waals surface area (Å²) in [5.41, 5.74) is 3.74.